The SMILES string of the molecule is CCc1cc2c(cc1CC)C[I-]C2. The van der Waals surface area contributed by atoms with Crippen LogP contribution in [-0.4, -0.2) is 0 Å². The number of rotatable bonds is 2. The van der Waals surface area contributed by atoms with Crippen LogP contribution in [0.15, 0.2) is 12.1 Å². The van der Waals surface area contributed by atoms with E-state index in [1.54, 1.807) is 22.3 Å². The molecule has 0 N–H and O–H groups in total. The van der Waals surface area contributed by atoms with E-state index in [9.17, 15) is 0 Å². The van der Waals surface area contributed by atoms with E-state index >= 15 is 0 Å². The first-order valence-electron chi connectivity index (χ1n) is 5.02. The second kappa shape index (κ2) is 3.99. The summed E-state index contributed by atoms with van der Waals surface area (Å²) in [5, 5.41) is 0. The molecule has 1 aliphatic rings. The molecule has 0 saturated heterocycles. The van der Waals surface area contributed by atoms with Gasteiger partial charge in [0.2, 0.25) is 0 Å². The molecule has 0 unspecified atom stereocenters. The second-order valence-corrected chi connectivity index (χ2v) is 6.16. The molecule has 1 aliphatic heterocycles. The minimum absolute atomic E-state index is 0.476. The fraction of sp³-hybridized carbons (Fsp3) is 0.500. The summed E-state index contributed by atoms with van der Waals surface area (Å²) in [6, 6.07) is 4.95. The van der Waals surface area contributed by atoms with Crippen LogP contribution in [0.4, 0.5) is 0 Å². The molecule has 72 valence electrons. The average molecular weight is 287 g/mol. The van der Waals surface area contributed by atoms with Crippen molar-refractivity contribution in [1.29, 1.82) is 0 Å². The molecular weight excluding hydrogens is 271 g/mol. The molecule has 0 bridgehead atoms. The van der Waals surface area contributed by atoms with Crippen LogP contribution in [0.5, 0.6) is 0 Å². The zero-order valence-electron chi connectivity index (χ0n) is 8.36. The standard InChI is InChI=1S/C12H16I/c1-3-9-5-11-7-13-8-12(11)6-10(9)4-2/h5-6H,3-4,7-8H2,1-2H3/q-1. The molecule has 0 radical (unpaired) electrons. The Hall–Kier alpha value is -0.0500. The van der Waals surface area contributed by atoms with Crippen molar-refractivity contribution in [3.05, 3.63) is 34.4 Å². The number of aryl methyl sites for hydroxylation is 2. The number of fused-ring (bicyclic) bond motifs is 1. The number of halogens is 1. The molecule has 0 fully saturated rings. The van der Waals surface area contributed by atoms with Gasteiger partial charge in [-0.05, 0) is 0 Å². The van der Waals surface area contributed by atoms with E-state index in [1.165, 1.54) is 21.7 Å². The molecule has 0 saturated carbocycles. The van der Waals surface area contributed by atoms with Gasteiger partial charge in [0.1, 0.15) is 0 Å². The van der Waals surface area contributed by atoms with Gasteiger partial charge >= 0.3 is 91.1 Å². The number of alkyl halides is 2. The molecule has 0 aliphatic carbocycles. The van der Waals surface area contributed by atoms with Gasteiger partial charge in [-0.3, -0.25) is 0 Å². The van der Waals surface area contributed by atoms with Gasteiger partial charge in [-0.1, -0.05) is 0 Å². The van der Waals surface area contributed by atoms with Crippen molar-refractivity contribution in [2.75, 3.05) is 0 Å². The van der Waals surface area contributed by atoms with Crippen LogP contribution in [0, 0.1) is 0 Å². The van der Waals surface area contributed by atoms with Gasteiger partial charge in [-0.25, -0.2) is 0 Å². The van der Waals surface area contributed by atoms with E-state index in [-0.39, 0.29) is 0 Å². The minimum atomic E-state index is 0.476. The third kappa shape index (κ3) is 1.76. The number of hydrogen-bond acceptors (Lipinski definition) is 0. The normalized spacial score (nSPS) is 15.2. The van der Waals surface area contributed by atoms with Crippen molar-refractivity contribution in [3.8, 4) is 0 Å². The quantitative estimate of drug-likeness (QED) is 0.527. The molecular formula is C12H16I-. The van der Waals surface area contributed by atoms with Gasteiger partial charge in [0.25, 0.3) is 0 Å². The van der Waals surface area contributed by atoms with Crippen molar-refractivity contribution < 1.29 is 21.2 Å². The molecule has 1 heterocycles. The van der Waals surface area contributed by atoms with E-state index in [2.05, 4.69) is 26.0 Å². The van der Waals surface area contributed by atoms with Crippen molar-refractivity contribution in [1.82, 2.24) is 0 Å². The maximum atomic E-state index is 2.47. The molecule has 2 rings (SSSR count). The fourth-order valence-corrected chi connectivity index (χ4v) is 4.80. The summed E-state index contributed by atoms with van der Waals surface area (Å²) in [5.74, 6) is 0. The molecule has 0 amide bonds. The summed E-state index contributed by atoms with van der Waals surface area (Å²) in [6.45, 7) is 4.54. The Labute approximate surface area is 91.0 Å². The van der Waals surface area contributed by atoms with E-state index in [1.807, 2.05) is 0 Å². The summed E-state index contributed by atoms with van der Waals surface area (Å²) in [5.41, 5.74) is 6.52. The Morgan fingerprint density at radius 2 is 1.46 bits per heavy atom. The van der Waals surface area contributed by atoms with Gasteiger partial charge in [-0.15, -0.1) is 0 Å². The summed E-state index contributed by atoms with van der Waals surface area (Å²) in [6.07, 6.45) is 2.41. The Morgan fingerprint density at radius 1 is 1.00 bits per heavy atom. The first kappa shape index (κ1) is 9.50. The third-order valence-electron chi connectivity index (χ3n) is 2.76. The summed E-state index contributed by atoms with van der Waals surface area (Å²) < 4.78 is 2.84. The van der Waals surface area contributed by atoms with Crippen LogP contribution < -0.4 is 21.2 Å². The first-order valence-corrected chi connectivity index (χ1v) is 8.07. The predicted octanol–water partition coefficient (Wildman–Crippen LogP) is -0.0860. The van der Waals surface area contributed by atoms with Crippen LogP contribution in [-0.2, 0) is 21.7 Å². The second-order valence-electron chi connectivity index (χ2n) is 3.55. The average Bonchev–Trinajstić information content (AvgIpc) is 2.62. The van der Waals surface area contributed by atoms with Crippen LogP contribution in [0.2, 0.25) is 0 Å². The molecule has 13 heavy (non-hydrogen) atoms. The zero-order chi connectivity index (χ0) is 9.26. The van der Waals surface area contributed by atoms with Crippen molar-refractivity contribution in [2.24, 2.45) is 0 Å². The molecule has 0 spiro atoms. The monoisotopic (exact) mass is 287 g/mol. The predicted molar refractivity (Wildman–Crippen MR) is 52.6 cm³/mol. The van der Waals surface area contributed by atoms with E-state index in [0.717, 1.165) is 0 Å². The Balaban J connectivity index is 2.47. The first-order chi connectivity index (χ1) is 6.35. The van der Waals surface area contributed by atoms with Gasteiger partial charge in [0.15, 0.2) is 0 Å². The van der Waals surface area contributed by atoms with E-state index in [0.29, 0.717) is 21.2 Å². The topological polar surface area (TPSA) is 0 Å². The zero-order valence-corrected chi connectivity index (χ0v) is 10.5. The van der Waals surface area contributed by atoms with Gasteiger partial charge in [0, 0.05) is 0 Å². The molecule has 0 nitrogen and oxygen atoms in total. The molecule has 1 heteroatoms. The van der Waals surface area contributed by atoms with Gasteiger partial charge in [-0.2, -0.15) is 0 Å². The van der Waals surface area contributed by atoms with Crippen LogP contribution in [0.3, 0.4) is 0 Å². The van der Waals surface area contributed by atoms with Crippen molar-refractivity contribution >= 4 is 0 Å². The molecule has 1 aromatic rings. The number of hydrogen-bond donors (Lipinski definition) is 0. The Morgan fingerprint density at radius 3 is 1.85 bits per heavy atom. The third-order valence-corrected chi connectivity index (χ3v) is 5.48. The summed E-state index contributed by atoms with van der Waals surface area (Å²) in [4.78, 5) is 0. The van der Waals surface area contributed by atoms with Gasteiger partial charge in [0.05, 0.1) is 0 Å². The van der Waals surface area contributed by atoms with E-state index in [4.69, 9.17) is 0 Å². The fourth-order valence-electron chi connectivity index (χ4n) is 1.95. The van der Waals surface area contributed by atoms with Crippen LogP contribution >= 0.6 is 0 Å². The Bertz CT molecular complexity index is 284. The van der Waals surface area contributed by atoms with Gasteiger partial charge < -0.3 is 0 Å². The van der Waals surface area contributed by atoms with Crippen LogP contribution in [0.1, 0.15) is 36.1 Å². The Kier molecular flexibility index (Phi) is 2.92. The molecule has 0 atom stereocenters. The molecule has 1 aromatic carbocycles. The summed E-state index contributed by atoms with van der Waals surface area (Å²) >= 11 is 0.476. The van der Waals surface area contributed by atoms with E-state index < -0.39 is 0 Å². The summed E-state index contributed by atoms with van der Waals surface area (Å²) in [7, 11) is 0. The van der Waals surface area contributed by atoms with Crippen molar-refractivity contribution in [3.63, 3.8) is 0 Å². The van der Waals surface area contributed by atoms with Crippen LogP contribution in [0.25, 0.3) is 0 Å². The number of benzene rings is 1. The molecule has 0 aromatic heterocycles. The van der Waals surface area contributed by atoms with Crippen molar-refractivity contribution in [2.45, 2.75) is 35.5 Å². The maximum absolute atomic E-state index is 2.47.